The molecule has 0 unspecified atom stereocenters. The monoisotopic (exact) mass is 241 g/mol. The maximum Gasteiger partial charge on any atom is 0.284 e. The predicted octanol–water partition coefficient (Wildman–Crippen LogP) is 1.38. The summed E-state index contributed by atoms with van der Waals surface area (Å²) >= 11 is 0. The largest absolute Gasteiger partial charge is 0.433 e. The van der Waals surface area contributed by atoms with E-state index in [0.29, 0.717) is 0 Å². The van der Waals surface area contributed by atoms with Crippen LogP contribution >= 0.6 is 0 Å². The molecule has 5 nitrogen and oxygen atoms in total. The van der Waals surface area contributed by atoms with Gasteiger partial charge in [-0.25, -0.2) is 9.97 Å². The number of hydrogen-bond donors (Lipinski definition) is 1. The van der Waals surface area contributed by atoms with E-state index in [9.17, 15) is 4.79 Å². The van der Waals surface area contributed by atoms with Crippen LogP contribution in [0.15, 0.2) is 54.7 Å². The summed E-state index contributed by atoms with van der Waals surface area (Å²) in [6.07, 6.45) is 4.41. The number of nitrogens with two attached hydrogens (primary N) is 1. The zero-order chi connectivity index (χ0) is 12.8. The second kappa shape index (κ2) is 5.58. The normalized spacial score (nSPS) is 11.0. The molecule has 2 aromatic rings. The molecule has 1 heterocycles. The Morgan fingerprint density at radius 3 is 2.61 bits per heavy atom. The topological polar surface area (TPSA) is 78.1 Å². The van der Waals surface area contributed by atoms with E-state index < -0.39 is 5.91 Å². The molecule has 0 aliphatic heterocycles. The van der Waals surface area contributed by atoms with Crippen LogP contribution in [0.3, 0.4) is 0 Å². The minimum absolute atomic E-state index is 0.0277. The van der Waals surface area contributed by atoms with Gasteiger partial charge in [-0.3, -0.25) is 4.79 Å². The van der Waals surface area contributed by atoms with Gasteiger partial charge in [-0.05, 0) is 11.6 Å². The fourth-order valence-electron chi connectivity index (χ4n) is 1.30. The van der Waals surface area contributed by atoms with Gasteiger partial charge in [0.2, 0.25) is 5.88 Å². The van der Waals surface area contributed by atoms with Crippen LogP contribution in [0.2, 0.25) is 0 Å². The van der Waals surface area contributed by atoms with Crippen LogP contribution in [0.4, 0.5) is 0 Å². The van der Waals surface area contributed by atoms with Gasteiger partial charge in [0.15, 0.2) is 5.76 Å². The van der Waals surface area contributed by atoms with E-state index in [0.717, 1.165) is 5.56 Å². The van der Waals surface area contributed by atoms with Crippen molar-refractivity contribution in [1.82, 2.24) is 9.97 Å². The number of nitrogens with zero attached hydrogens (tertiary/aromatic N) is 2. The van der Waals surface area contributed by atoms with E-state index in [4.69, 9.17) is 10.5 Å². The van der Waals surface area contributed by atoms with Gasteiger partial charge in [0.25, 0.3) is 5.91 Å². The first-order chi connectivity index (χ1) is 8.75. The number of hydrogen-bond acceptors (Lipinski definition) is 4. The van der Waals surface area contributed by atoms with Crippen LogP contribution in [0.5, 0.6) is 5.88 Å². The van der Waals surface area contributed by atoms with Crippen molar-refractivity contribution in [3.63, 3.8) is 0 Å². The van der Waals surface area contributed by atoms with E-state index in [-0.39, 0.29) is 11.6 Å². The van der Waals surface area contributed by atoms with Gasteiger partial charge < -0.3 is 10.5 Å². The van der Waals surface area contributed by atoms with E-state index in [1.165, 1.54) is 12.5 Å². The molecule has 5 heteroatoms. The van der Waals surface area contributed by atoms with Crippen molar-refractivity contribution < 1.29 is 9.53 Å². The summed E-state index contributed by atoms with van der Waals surface area (Å²) < 4.78 is 5.32. The molecule has 0 radical (unpaired) electrons. The minimum Gasteiger partial charge on any atom is -0.433 e. The highest BCUT2D eigenvalue weighted by Crippen LogP contribution is 2.11. The molecule has 1 amide bonds. The number of aromatic nitrogens is 2. The van der Waals surface area contributed by atoms with Crippen molar-refractivity contribution in [2.75, 3.05) is 0 Å². The van der Waals surface area contributed by atoms with Gasteiger partial charge in [-0.15, -0.1) is 0 Å². The average molecular weight is 241 g/mol. The molecule has 0 fully saturated rings. The summed E-state index contributed by atoms with van der Waals surface area (Å²) in [4.78, 5) is 18.9. The van der Waals surface area contributed by atoms with Crippen molar-refractivity contribution in [3.8, 4) is 5.88 Å². The Balaban J connectivity index is 2.25. The molecule has 0 aliphatic carbocycles. The molecular formula is C13H11N3O2. The summed E-state index contributed by atoms with van der Waals surface area (Å²) in [7, 11) is 0. The third-order valence-corrected chi connectivity index (χ3v) is 2.11. The van der Waals surface area contributed by atoms with E-state index in [1.54, 1.807) is 12.1 Å². The quantitative estimate of drug-likeness (QED) is 0.648. The smallest absolute Gasteiger partial charge is 0.284 e. The van der Waals surface area contributed by atoms with Crippen molar-refractivity contribution in [2.24, 2.45) is 5.73 Å². The molecule has 0 saturated carbocycles. The first kappa shape index (κ1) is 11.8. The molecule has 0 saturated heterocycles. The number of rotatable bonds is 4. The highest BCUT2D eigenvalue weighted by Gasteiger charge is 2.08. The highest BCUT2D eigenvalue weighted by atomic mass is 16.5. The molecule has 2 N–H and O–H groups in total. The lowest BCUT2D eigenvalue weighted by Gasteiger charge is -2.05. The number of primary amides is 1. The minimum atomic E-state index is -0.655. The molecule has 0 atom stereocenters. The van der Waals surface area contributed by atoms with Gasteiger partial charge in [-0.2, -0.15) is 0 Å². The van der Waals surface area contributed by atoms with Crippen LogP contribution in [0.25, 0.3) is 6.08 Å². The maximum absolute atomic E-state index is 11.3. The molecular weight excluding hydrogens is 230 g/mol. The summed E-state index contributed by atoms with van der Waals surface area (Å²) in [5.74, 6) is -0.358. The molecule has 2 rings (SSSR count). The van der Waals surface area contributed by atoms with E-state index in [1.807, 2.05) is 30.3 Å². The third kappa shape index (κ3) is 3.15. The lowest BCUT2D eigenvalue weighted by Crippen LogP contribution is -2.18. The summed E-state index contributed by atoms with van der Waals surface area (Å²) in [6.45, 7) is 0. The SMILES string of the molecule is NC(=O)C(=Cc1ccccc1)Oc1ccncn1. The molecule has 0 bridgehead atoms. The van der Waals surface area contributed by atoms with Crippen molar-refractivity contribution in [1.29, 1.82) is 0 Å². The number of carbonyl (C=O) groups excluding carboxylic acids is 1. The summed E-state index contributed by atoms with van der Waals surface area (Å²) in [5.41, 5.74) is 6.08. The Kier molecular flexibility index (Phi) is 3.66. The lowest BCUT2D eigenvalue weighted by molar-refractivity contribution is -0.116. The number of carbonyl (C=O) groups is 1. The lowest BCUT2D eigenvalue weighted by atomic mass is 10.2. The van der Waals surface area contributed by atoms with Gasteiger partial charge in [0, 0.05) is 12.3 Å². The van der Waals surface area contributed by atoms with Crippen LogP contribution < -0.4 is 10.5 Å². The second-order valence-electron chi connectivity index (χ2n) is 3.43. The Bertz CT molecular complexity index is 553. The fourth-order valence-corrected chi connectivity index (χ4v) is 1.30. The fraction of sp³-hybridized carbons (Fsp3) is 0. The second-order valence-corrected chi connectivity index (χ2v) is 3.43. The van der Waals surface area contributed by atoms with E-state index in [2.05, 4.69) is 9.97 Å². The molecule has 18 heavy (non-hydrogen) atoms. The van der Waals surface area contributed by atoms with Crippen LogP contribution in [-0.2, 0) is 4.79 Å². The standard InChI is InChI=1S/C13H11N3O2/c14-13(17)11(8-10-4-2-1-3-5-10)18-12-6-7-15-9-16-12/h1-9H,(H2,14,17). The van der Waals surface area contributed by atoms with Crippen molar-refractivity contribution in [2.45, 2.75) is 0 Å². The molecule has 0 spiro atoms. The zero-order valence-corrected chi connectivity index (χ0v) is 9.48. The van der Waals surface area contributed by atoms with Crippen LogP contribution in [0.1, 0.15) is 5.56 Å². The van der Waals surface area contributed by atoms with Gasteiger partial charge >= 0.3 is 0 Å². The zero-order valence-electron chi connectivity index (χ0n) is 9.48. The predicted molar refractivity (Wildman–Crippen MR) is 66.3 cm³/mol. The van der Waals surface area contributed by atoms with Gasteiger partial charge in [0.1, 0.15) is 6.33 Å². The van der Waals surface area contributed by atoms with Gasteiger partial charge in [-0.1, -0.05) is 30.3 Å². The highest BCUT2D eigenvalue weighted by molar-refractivity contribution is 5.94. The molecule has 1 aromatic heterocycles. The van der Waals surface area contributed by atoms with Crippen LogP contribution in [-0.4, -0.2) is 15.9 Å². The molecule has 0 aliphatic rings. The van der Waals surface area contributed by atoms with E-state index >= 15 is 0 Å². The molecule has 1 aromatic carbocycles. The first-order valence-corrected chi connectivity index (χ1v) is 5.26. The Morgan fingerprint density at radius 2 is 2.00 bits per heavy atom. The van der Waals surface area contributed by atoms with Crippen molar-refractivity contribution >= 4 is 12.0 Å². The van der Waals surface area contributed by atoms with Gasteiger partial charge in [0.05, 0.1) is 0 Å². The Morgan fingerprint density at radius 1 is 1.22 bits per heavy atom. The summed E-state index contributed by atoms with van der Waals surface area (Å²) in [6, 6.07) is 10.8. The Labute approximate surface area is 104 Å². The van der Waals surface area contributed by atoms with Crippen LogP contribution in [0, 0.1) is 0 Å². The number of benzene rings is 1. The molecule has 90 valence electrons. The number of amides is 1. The first-order valence-electron chi connectivity index (χ1n) is 5.26. The maximum atomic E-state index is 11.3. The number of ether oxygens (including phenoxy) is 1. The average Bonchev–Trinajstić information content (AvgIpc) is 2.40. The Hall–Kier alpha value is -2.69. The van der Waals surface area contributed by atoms with Crippen molar-refractivity contribution in [3.05, 3.63) is 60.2 Å². The third-order valence-electron chi connectivity index (χ3n) is 2.11. The summed E-state index contributed by atoms with van der Waals surface area (Å²) in [5, 5.41) is 0.